The van der Waals surface area contributed by atoms with Crippen LogP contribution in [0.25, 0.3) is 10.4 Å². The van der Waals surface area contributed by atoms with Gasteiger partial charge in [0.15, 0.2) is 0 Å². The molecule has 2 aromatic rings. The van der Waals surface area contributed by atoms with Gasteiger partial charge in [0.05, 0.1) is 11.5 Å². The molecule has 1 radical (unpaired) electrons. The zero-order chi connectivity index (χ0) is 15.2. The van der Waals surface area contributed by atoms with E-state index in [1.165, 1.54) is 26.7 Å². The fourth-order valence-corrected chi connectivity index (χ4v) is 5.57. The van der Waals surface area contributed by atoms with Crippen LogP contribution in [0.1, 0.15) is 12.5 Å². The first kappa shape index (κ1) is 18.3. The fourth-order valence-electron chi connectivity index (χ4n) is 2.06. The second-order valence-electron chi connectivity index (χ2n) is 4.25. The van der Waals surface area contributed by atoms with Gasteiger partial charge in [-0.25, -0.2) is 0 Å². The van der Waals surface area contributed by atoms with Crippen molar-refractivity contribution >= 4 is 72.6 Å². The van der Waals surface area contributed by atoms with Crippen LogP contribution in [0.5, 0.6) is 11.5 Å². The molecule has 1 aliphatic heterocycles. The van der Waals surface area contributed by atoms with Crippen LogP contribution in [0, 0.1) is 3.82 Å². The summed E-state index contributed by atoms with van der Waals surface area (Å²) in [5, 5.41) is 0. The molecule has 1 aromatic carbocycles. The predicted molar refractivity (Wildman–Crippen MR) is 89.5 cm³/mol. The average molecular weight is 385 g/mol. The van der Waals surface area contributed by atoms with Gasteiger partial charge in [-0.3, -0.25) is 4.55 Å². The molecule has 1 aliphatic rings. The standard InChI is InChI=1S/C12H10O5S4.Na/c1-2-16-9-3-6-8(4-10(9)21(13,14)15)17-5-7-11(6)19-20-12(7)18;/h3-4H,2,5H2,1H3,(H,13,14,15);. The monoisotopic (exact) mass is 385 g/mol. The SMILES string of the molecule is CCOc1cc2c(cc1S(=O)(=O)O)OCc1c-2ssc1=S.[Na]. The second-order valence-corrected chi connectivity index (χ2v) is 8.46. The Hall–Kier alpha value is 0.000000000000000222. The van der Waals surface area contributed by atoms with E-state index in [2.05, 4.69) is 0 Å². The van der Waals surface area contributed by atoms with Gasteiger partial charge in [-0.1, -0.05) is 32.9 Å². The minimum atomic E-state index is -4.38. The van der Waals surface area contributed by atoms with E-state index in [1.807, 2.05) is 0 Å². The molecule has 5 nitrogen and oxygen atoms in total. The van der Waals surface area contributed by atoms with E-state index >= 15 is 0 Å². The molecule has 1 aromatic heterocycles. The van der Waals surface area contributed by atoms with Crippen LogP contribution >= 0.6 is 32.9 Å². The fraction of sp³-hybridized carbons (Fsp3) is 0.250. The van der Waals surface area contributed by atoms with Crippen molar-refractivity contribution in [1.29, 1.82) is 0 Å². The van der Waals surface area contributed by atoms with Crippen LogP contribution in [0.4, 0.5) is 0 Å². The summed E-state index contributed by atoms with van der Waals surface area (Å²) in [6, 6.07) is 2.88. The normalized spacial score (nSPS) is 12.6. The van der Waals surface area contributed by atoms with Crippen molar-refractivity contribution in [3.63, 3.8) is 0 Å². The summed E-state index contributed by atoms with van der Waals surface area (Å²) in [4.78, 5) is 0.680. The van der Waals surface area contributed by atoms with E-state index in [9.17, 15) is 13.0 Å². The van der Waals surface area contributed by atoms with Crippen LogP contribution in [0.15, 0.2) is 17.0 Å². The molecule has 113 valence electrons. The Labute approximate surface area is 162 Å². The molecule has 2 heterocycles. The second kappa shape index (κ2) is 6.86. The molecule has 0 unspecified atom stereocenters. The van der Waals surface area contributed by atoms with Crippen LogP contribution in [-0.2, 0) is 16.7 Å². The van der Waals surface area contributed by atoms with Crippen molar-refractivity contribution in [3.05, 3.63) is 21.5 Å². The number of rotatable bonds is 3. The van der Waals surface area contributed by atoms with Gasteiger partial charge in [-0.15, -0.1) is 0 Å². The van der Waals surface area contributed by atoms with Crippen LogP contribution < -0.4 is 9.47 Å². The number of ether oxygens (including phenoxy) is 2. The first-order chi connectivity index (χ1) is 9.91. The molecule has 10 heteroatoms. The molecular weight excluding hydrogens is 375 g/mol. The van der Waals surface area contributed by atoms with Gasteiger partial charge >= 0.3 is 0 Å². The largest absolute Gasteiger partial charge is 0.492 e. The van der Waals surface area contributed by atoms with Crippen LogP contribution in [0.2, 0.25) is 0 Å². The molecule has 0 spiro atoms. The summed E-state index contributed by atoms with van der Waals surface area (Å²) in [7, 11) is -1.38. The van der Waals surface area contributed by atoms with Crippen molar-refractivity contribution in [1.82, 2.24) is 0 Å². The predicted octanol–water partition coefficient (Wildman–Crippen LogP) is 3.36. The van der Waals surface area contributed by atoms with Gasteiger partial charge in [-0.2, -0.15) is 8.42 Å². The molecule has 0 saturated heterocycles. The van der Waals surface area contributed by atoms with E-state index in [4.69, 9.17) is 21.7 Å². The topological polar surface area (TPSA) is 72.8 Å². The molecule has 0 fully saturated rings. The summed E-state index contributed by atoms with van der Waals surface area (Å²) >= 11 is 5.25. The van der Waals surface area contributed by atoms with Crippen molar-refractivity contribution < 1.29 is 22.4 Å². The summed E-state index contributed by atoms with van der Waals surface area (Å²) in [5.74, 6) is 0.516. The maximum absolute atomic E-state index is 11.5. The number of hydrogen-bond acceptors (Lipinski definition) is 7. The molecule has 22 heavy (non-hydrogen) atoms. The molecule has 3 rings (SSSR count). The minimum absolute atomic E-state index is 0. The summed E-state index contributed by atoms with van der Waals surface area (Å²) in [6.45, 7) is 2.33. The third-order valence-corrected chi connectivity index (χ3v) is 7.01. The van der Waals surface area contributed by atoms with E-state index in [-0.39, 0.29) is 46.8 Å². The Balaban J connectivity index is 0.00000176. The summed E-state index contributed by atoms with van der Waals surface area (Å²) < 4.78 is 44.0. The maximum atomic E-state index is 11.5. The zero-order valence-corrected chi connectivity index (χ0v) is 17.0. The summed E-state index contributed by atoms with van der Waals surface area (Å²) in [6.07, 6.45) is 0. The van der Waals surface area contributed by atoms with Crippen LogP contribution in [0.3, 0.4) is 0 Å². The van der Waals surface area contributed by atoms with Gasteiger partial charge in [0.25, 0.3) is 10.1 Å². The number of benzene rings is 1. The van der Waals surface area contributed by atoms with Gasteiger partial charge in [0, 0.05) is 46.8 Å². The third kappa shape index (κ3) is 3.27. The van der Waals surface area contributed by atoms with Crippen molar-refractivity contribution in [2.24, 2.45) is 0 Å². The Morgan fingerprint density at radius 2 is 2.14 bits per heavy atom. The molecule has 0 aliphatic carbocycles. The Morgan fingerprint density at radius 1 is 1.41 bits per heavy atom. The van der Waals surface area contributed by atoms with Gasteiger partial charge in [0.1, 0.15) is 26.8 Å². The van der Waals surface area contributed by atoms with Crippen molar-refractivity contribution in [3.8, 4) is 21.9 Å². The Morgan fingerprint density at radius 3 is 2.77 bits per heavy atom. The Kier molecular flexibility index (Phi) is 5.72. The molecule has 1 N–H and O–H groups in total. The number of fused-ring (bicyclic) bond motifs is 3. The minimum Gasteiger partial charge on any atom is -0.492 e. The first-order valence-corrected chi connectivity index (χ1v) is 9.95. The van der Waals surface area contributed by atoms with E-state index in [0.29, 0.717) is 12.4 Å². The van der Waals surface area contributed by atoms with E-state index in [0.717, 1.165) is 19.8 Å². The maximum Gasteiger partial charge on any atom is 0.298 e. The molecular formula is C12H10NaO5S4. The smallest absolute Gasteiger partial charge is 0.298 e. The summed E-state index contributed by atoms with van der Waals surface area (Å²) in [5.41, 5.74) is 1.68. The first-order valence-electron chi connectivity index (χ1n) is 5.95. The zero-order valence-electron chi connectivity index (χ0n) is 11.8. The molecule has 0 saturated carbocycles. The molecule has 0 bridgehead atoms. The molecule has 0 atom stereocenters. The Bertz CT molecular complexity index is 868. The van der Waals surface area contributed by atoms with Crippen LogP contribution in [-0.4, -0.2) is 49.1 Å². The van der Waals surface area contributed by atoms with Crippen molar-refractivity contribution in [2.45, 2.75) is 18.4 Å². The third-order valence-electron chi connectivity index (χ3n) is 2.96. The van der Waals surface area contributed by atoms with Crippen molar-refractivity contribution in [2.75, 3.05) is 6.61 Å². The average Bonchev–Trinajstić information content (AvgIpc) is 2.79. The van der Waals surface area contributed by atoms with E-state index in [1.54, 1.807) is 13.0 Å². The van der Waals surface area contributed by atoms with E-state index < -0.39 is 10.1 Å². The van der Waals surface area contributed by atoms with Gasteiger partial charge < -0.3 is 9.47 Å². The number of hydrogen-bond donors (Lipinski definition) is 1. The quantitative estimate of drug-likeness (QED) is 0.378. The molecule has 0 amide bonds. The van der Waals surface area contributed by atoms with Gasteiger partial charge in [-0.05, 0) is 13.0 Å². The van der Waals surface area contributed by atoms with Gasteiger partial charge in [0.2, 0.25) is 0 Å².